The summed E-state index contributed by atoms with van der Waals surface area (Å²) in [4.78, 5) is 24.2. The van der Waals surface area contributed by atoms with E-state index in [1.807, 2.05) is 25.1 Å². The zero-order valence-corrected chi connectivity index (χ0v) is 18.2. The first-order chi connectivity index (χ1) is 15.5. The topological polar surface area (TPSA) is 108 Å². The van der Waals surface area contributed by atoms with Crippen LogP contribution in [0.15, 0.2) is 35.5 Å². The number of ether oxygens (including phenoxy) is 1. The molecule has 1 aliphatic carbocycles. The molecule has 0 radical (unpaired) electrons. The molecule has 2 aliphatic rings. The van der Waals surface area contributed by atoms with Gasteiger partial charge in [0.25, 0.3) is 5.91 Å². The Morgan fingerprint density at radius 2 is 2.12 bits per heavy atom. The Morgan fingerprint density at radius 3 is 2.81 bits per heavy atom. The van der Waals surface area contributed by atoms with Crippen molar-refractivity contribution in [3.05, 3.63) is 47.2 Å². The second-order valence-electron chi connectivity index (χ2n) is 8.21. The highest BCUT2D eigenvalue weighted by atomic mass is 16.6. The Labute approximate surface area is 187 Å². The van der Waals surface area contributed by atoms with E-state index in [1.54, 1.807) is 17.0 Å². The Morgan fingerprint density at radius 1 is 1.31 bits per heavy atom. The number of aromatic nitrogens is 1. The average molecular weight is 434 g/mol. The standard InChI is InChI=1S/C24H26N4O4/c1-15-17(11-25)4-3-5-20(15)21-8-9-22(26-23(21)32-14-16-6-7-16)24(30)28-12-18(27-31-2)10-19(28)13-29/h3-5,8-9,16,19,29H,6-7,10,12-14H2,1-2H3/b27-18+/t19-/m0/s1. The van der Waals surface area contributed by atoms with Crippen molar-refractivity contribution >= 4 is 11.6 Å². The van der Waals surface area contributed by atoms with E-state index >= 15 is 0 Å². The van der Waals surface area contributed by atoms with Gasteiger partial charge < -0.3 is 19.6 Å². The maximum absolute atomic E-state index is 13.2. The monoisotopic (exact) mass is 434 g/mol. The summed E-state index contributed by atoms with van der Waals surface area (Å²) in [5, 5.41) is 23.1. The van der Waals surface area contributed by atoms with Gasteiger partial charge in [-0.25, -0.2) is 4.98 Å². The van der Waals surface area contributed by atoms with E-state index in [9.17, 15) is 15.2 Å². The summed E-state index contributed by atoms with van der Waals surface area (Å²) in [6.07, 6.45) is 2.72. The summed E-state index contributed by atoms with van der Waals surface area (Å²) in [6, 6.07) is 10.9. The Kier molecular flexibility index (Phi) is 6.37. The minimum absolute atomic E-state index is 0.169. The number of amides is 1. The molecule has 0 unspecified atom stereocenters. The van der Waals surface area contributed by atoms with E-state index in [2.05, 4.69) is 16.2 Å². The van der Waals surface area contributed by atoms with Crippen LogP contribution in [-0.2, 0) is 4.84 Å². The van der Waals surface area contributed by atoms with Gasteiger partial charge in [0.15, 0.2) is 0 Å². The van der Waals surface area contributed by atoms with Crippen LogP contribution < -0.4 is 4.74 Å². The summed E-state index contributed by atoms with van der Waals surface area (Å²) >= 11 is 0. The lowest BCUT2D eigenvalue weighted by atomic mass is 9.97. The van der Waals surface area contributed by atoms with Gasteiger partial charge >= 0.3 is 0 Å². The Hall–Kier alpha value is -3.44. The lowest BCUT2D eigenvalue weighted by Crippen LogP contribution is -2.38. The van der Waals surface area contributed by atoms with Gasteiger partial charge in [-0.3, -0.25) is 4.79 Å². The van der Waals surface area contributed by atoms with Crippen LogP contribution in [0.25, 0.3) is 11.1 Å². The first-order valence-corrected chi connectivity index (χ1v) is 10.7. The summed E-state index contributed by atoms with van der Waals surface area (Å²) in [6.45, 7) is 2.55. The minimum atomic E-state index is -0.372. The zero-order chi connectivity index (χ0) is 22.7. The molecule has 4 rings (SSSR count). The number of carbonyl (C=O) groups excluding carboxylic acids is 1. The number of aliphatic hydroxyl groups is 1. The van der Waals surface area contributed by atoms with Crippen LogP contribution in [0.4, 0.5) is 0 Å². The molecule has 1 saturated heterocycles. The van der Waals surface area contributed by atoms with Crippen LogP contribution in [0.1, 0.15) is 40.9 Å². The van der Waals surface area contributed by atoms with Crippen LogP contribution in [0.2, 0.25) is 0 Å². The van der Waals surface area contributed by atoms with Crippen LogP contribution in [0.3, 0.4) is 0 Å². The molecule has 1 N–H and O–H groups in total. The fourth-order valence-corrected chi connectivity index (χ4v) is 3.92. The summed E-state index contributed by atoms with van der Waals surface area (Å²) in [5.74, 6) is 0.600. The molecule has 1 saturated carbocycles. The number of hydrogen-bond acceptors (Lipinski definition) is 7. The van der Waals surface area contributed by atoms with Crippen molar-refractivity contribution in [1.29, 1.82) is 5.26 Å². The molecule has 2 aromatic rings. The Balaban J connectivity index is 1.69. The molecular formula is C24H26N4O4. The van der Waals surface area contributed by atoms with Crippen molar-refractivity contribution in [2.75, 3.05) is 26.9 Å². The van der Waals surface area contributed by atoms with E-state index in [0.717, 1.165) is 29.5 Å². The first-order valence-electron chi connectivity index (χ1n) is 10.7. The third-order valence-electron chi connectivity index (χ3n) is 5.93. The molecule has 2 fully saturated rings. The van der Waals surface area contributed by atoms with Crippen molar-refractivity contribution in [3.8, 4) is 23.1 Å². The molecule has 8 nitrogen and oxygen atoms in total. The van der Waals surface area contributed by atoms with Crippen molar-refractivity contribution in [3.63, 3.8) is 0 Å². The SMILES string of the molecule is CO/N=C1\C[C@@H](CO)N(C(=O)c2ccc(-c3cccc(C#N)c3C)c(OCC3CC3)n2)C1. The Bertz CT molecular complexity index is 1090. The molecule has 1 aliphatic heterocycles. The molecular weight excluding hydrogens is 408 g/mol. The predicted octanol–water partition coefficient (Wildman–Crippen LogP) is 2.93. The van der Waals surface area contributed by atoms with E-state index < -0.39 is 0 Å². The van der Waals surface area contributed by atoms with Crippen LogP contribution in [-0.4, -0.2) is 59.5 Å². The van der Waals surface area contributed by atoms with E-state index in [-0.39, 0.29) is 30.8 Å². The second kappa shape index (κ2) is 9.37. The summed E-state index contributed by atoms with van der Waals surface area (Å²) < 4.78 is 6.05. The quantitative estimate of drug-likeness (QED) is 0.672. The lowest BCUT2D eigenvalue weighted by molar-refractivity contribution is 0.0673. The van der Waals surface area contributed by atoms with Crippen molar-refractivity contribution in [2.24, 2.45) is 11.1 Å². The summed E-state index contributed by atoms with van der Waals surface area (Å²) in [7, 11) is 1.46. The van der Waals surface area contributed by atoms with Crippen molar-refractivity contribution in [2.45, 2.75) is 32.2 Å². The molecule has 0 bridgehead atoms. The van der Waals surface area contributed by atoms with Gasteiger partial charge in [-0.2, -0.15) is 5.26 Å². The molecule has 1 atom stereocenters. The van der Waals surface area contributed by atoms with Gasteiger partial charge in [-0.05, 0) is 55.0 Å². The van der Waals surface area contributed by atoms with E-state index in [0.29, 0.717) is 36.1 Å². The van der Waals surface area contributed by atoms with Gasteiger partial charge in [0.2, 0.25) is 5.88 Å². The average Bonchev–Trinajstić information content (AvgIpc) is 3.55. The molecule has 166 valence electrons. The summed E-state index contributed by atoms with van der Waals surface area (Å²) in [5.41, 5.74) is 3.97. The predicted molar refractivity (Wildman–Crippen MR) is 118 cm³/mol. The van der Waals surface area contributed by atoms with Crippen LogP contribution >= 0.6 is 0 Å². The first kappa shape index (κ1) is 21.8. The third kappa shape index (κ3) is 4.43. The molecule has 2 heterocycles. The molecule has 8 heteroatoms. The highest BCUT2D eigenvalue weighted by molar-refractivity contribution is 5.99. The largest absolute Gasteiger partial charge is 0.477 e. The normalized spacial score (nSPS) is 19.1. The molecule has 1 aromatic heterocycles. The van der Waals surface area contributed by atoms with Gasteiger partial charge in [0.1, 0.15) is 12.8 Å². The fourth-order valence-electron chi connectivity index (χ4n) is 3.92. The number of oxime groups is 1. The molecule has 0 spiro atoms. The van der Waals surface area contributed by atoms with Gasteiger partial charge in [-0.1, -0.05) is 17.3 Å². The number of pyridine rings is 1. The van der Waals surface area contributed by atoms with E-state index in [1.165, 1.54) is 7.11 Å². The fraction of sp³-hybridized carbons (Fsp3) is 0.417. The maximum atomic E-state index is 13.2. The number of benzene rings is 1. The van der Waals surface area contributed by atoms with Gasteiger partial charge in [0.05, 0.1) is 43.1 Å². The number of rotatable bonds is 7. The highest BCUT2D eigenvalue weighted by Crippen LogP contribution is 2.35. The van der Waals surface area contributed by atoms with Gasteiger partial charge in [0, 0.05) is 12.0 Å². The zero-order valence-electron chi connectivity index (χ0n) is 18.2. The molecule has 1 amide bonds. The number of nitrogens with zero attached hydrogens (tertiary/aromatic N) is 4. The number of aliphatic hydroxyl groups excluding tert-OH is 1. The maximum Gasteiger partial charge on any atom is 0.273 e. The third-order valence-corrected chi connectivity index (χ3v) is 5.93. The van der Waals surface area contributed by atoms with Crippen LogP contribution in [0.5, 0.6) is 5.88 Å². The number of likely N-dealkylation sites (tertiary alicyclic amines) is 1. The van der Waals surface area contributed by atoms with Crippen LogP contribution in [0, 0.1) is 24.2 Å². The smallest absolute Gasteiger partial charge is 0.273 e. The second-order valence-corrected chi connectivity index (χ2v) is 8.21. The van der Waals surface area contributed by atoms with Gasteiger partial charge in [-0.15, -0.1) is 0 Å². The van der Waals surface area contributed by atoms with E-state index in [4.69, 9.17) is 9.57 Å². The number of nitriles is 1. The molecule has 32 heavy (non-hydrogen) atoms. The van der Waals surface area contributed by atoms with Crippen molar-refractivity contribution in [1.82, 2.24) is 9.88 Å². The number of carbonyl (C=O) groups is 1. The molecule has 1 aromatic carbocycles. The number of hydrogen-bond donors (Lipinski definition) is 1. The van der Waals surface area contributed by atoms with Crippen molar-refractivity contribution < 1.29 is 19.5 Å². The highest BCUT2D eigenvalue weighted by Gasteiger charge is 2.34. The lowest BCUT2D eigenvalue weighted by Gasteiger charge is -2.22. The minimum Gasteiger partial charge on any atom is -0.477 e.